The first-order valence-corrected chi connectivity index (χ1v) is 25.7. The van der Waals surface area contributed by atoms with E-state index in [0.29, 0.717) is 0 Å². The van der Waals surface area contributed by atoms with Crippen molar-refractivity contribution in [1.82, 2.24) is 4.98 Å². The smallest absolute Gasteiger partial charge is 0.162 e. The maximum atomic E-state index is 11.7. The molecule has 1 aliphatic rings. The van der Waals surface area contributed by atoms with Crippen LogP contribution in [-0.4, -0.2) is 32.0 Å². The predicted octanol–water partition coefficient (Wildman–Crippen LogP) is 11.5. The van der Waals surface area contributed by atoms with Gasteiger partial charge >= 0.3 is 0 Å². The number of ketones is 1. The average Bonchev–Trinajstić information content (AvgIpc) is 3.40. The number of furan rings is 1. The molecule has 5 aromatic rings. The summed E-state index contributed by atoms with van der Waals surface area (Å²) in [6, 6.07) is 17.6. The third-order valence-electron chi connectivity index (χ3n) is 11.0. The minimum Gasteiger partial charge on any atom is -0.512 e. The number of hydrogen-bond acceptors (Lipinski definition) is 4. The molecule has 0 spiro atoms. The van der Waals surface area contributed by atoms with E-state index in [1.54, 1.807) is 0 Å². The van der Waals surface area contributed by atoms with Crippen LogP contribution in [0.25, 0.3) is 44.0 Å². The van der Waals surface area contributed by atoms with Crippen LogP contribution in [0.1, 0.15) is 83.9 Å². The quantitative estimate of drug-likeness (QED) is 0.0693. The first-order valence-electron chi connectivity index (χ1n) is 18.7. The van der Waals surface area contributed by atoms with E-state index in [0.717, 1.165) is 53.5 Å². The van der Waals surface area contributed by atoms with E-state index in [9.17, 15) is 9.90 Å². The van der Waals surface area contributed by atoms with Crippen LogP contribution in [0.3, 0.4) is 0 Å². The molecule has 0 saturated carbocycles. The third kappa shape index (κ3) is 7.65. The van der Waals surface area contributed by atoms with E-state index in [1.807, 2.05) is 27.7 Å². The largest absolute Gasteiger partial charge is 0.512 e. The number of rotatable bonds is 9. The van der Waals surface area contributed by atoms with Gasteiger partial charge in [-0.1, -0.05) is 127 Å². The number of allylic oxidation sites excluding steroid dienone is 2. The van der Waals surface area contributed by atoms with Gasteiger partial charge in [-0.25, -0.2) is 0 Å². The molecule has 4 nitrogen and oxygen atoms in total. The second-order valence-electron chi connectivity index (χ2n) is 17.0. The Morgan fingerprint density at radius 1 is 0.843 bits per heavy atom. The zero-order chi connectivity index (χ0) is 36.9. The second kappa shape index (κ2) is 15.3. The summed E-state index contributed by atoms with van der Waals surface area (Å²) >= 11 is 0. The standard InChI is InChI=1S/C31H34NOSi2.C13H24O2.Ir/c1-18-10-11-19-15-21-23(16-20(19)14-18)31(2,3)22-12-13-24(34(4,5)6)29-26(22)27-28(21)32-17-25(30(27)33-29)35(7,8)9;1-5-10(6-2)12(14)9-13(15)11(7-3)8-4;/h10-14,16-17H,1-9H3;9-11,14H,5-8H2,1-4H3;/q-1;;/b;12-9-;. The number of pyridine rings is 1. The number of hydrogen-bond donors (Lipinski definition) is 1. The monoisotopic (exact) mass is 897 g/mol. The van der Waals surface area contributed by atoms with Crippen molar-refractivity contribution < 1.29 is 34.4 Å². The maximum absolute atomic E-state index is 11.7. The van der Waals surface area contributed by atoms with Gasteiger partial charge in [0, 0.05) is 60.7 Å². The molecule has 0 fully saturated rings. The van der Waals surface area contributed by atoms with Gasteiger partial charge in [-0.2, -0.15) is 0 Å². The Morgan fingerprint density at radius 3 is 2.00 bits per heavy atom. The van der Waals surface area contributed by atoms with Crippen molar-refractivity contribution in [1.29, 1.82) is 0 Å². The van der Waals surface area contributed by atoms with Gasteiger partial charge < -0.3 is 9.52 Å². The SMILES string of the molecule is CCC(CC)C(=O)/C=C(\O)C(CC)CC.Cc1ccc2[c-]c3c(cc2c1)C(C)(C)c1ccc([Si](C)(C)C)c2oc4c([Si](C)(C)C)cnc-3c4c12.[Ir]. The fourth-order valence-electron chi connectivity index (χ4n) is 7.66. The van der Waals surface area contributed by atoms with Crippen LogP contribution in [0.5, 0.6) is 0 Å². The Hall–Kier alpha value is -2.84. The summed E-state index contributed by atoms with van der Waals surface area (Å²) in [5.74, 6) is 0.547. The van der Waals surface area contributed by atoms with Crippen molar-refractivity contribution in [2.45, 2.75) is 119 Å². The summed E-state index contributed by atoms with van der Waals surface area (Å²) in [7, 11) is -3.33. The summed E-state index contributed by atoms with van der Waals surface area (Å²) in [4.78, 5) is 16.9. The molecule has 275 valence electrons. The number of aromatic nitrogens is 1. The summed E-state index contributed by atoms with van der Waals surface area (Å²) < 4.78 is 6.95. The van der Waals surface area contributed by atoms with Crippen LogP contribution in [0.15, 0.2) is 58.8 Å². The topological polar surface area (TPSA) is 63.3 Å². The number of aryl methyl sites for hydroxylation is 1. The molecule has 0 atom stereocenters. The van der Waals surface area contributed by atoms with Gasteiger partial charge in [0.15, 0.2) is 5.78 Å². The van der Waals surface area contributed by atoms with Gasteiger partial charge in [0.1, 0.15) is 11.2 Å². The van der Waals surface area contributed by atoms with Crippen LogP contribution in [0.4, 0.5) is 0 Å². The number of carbonyl (C=O) groups is 1. The molecule has 2 heterocycles. The van der Waals surface area contributed by atoms with Crippen LogP contribution in [0, 0.1) is 24.8 Å². The maximum Gasteiger partial charge on any atom is 0.162 e. The van der Waals surface area contributed by atoms with E-state index < -0.39 is 16.1 Å². The Morgan fingerprint density at radius 2 is 1.43 bits per heavy atom. The predicted molar refractivity (Wildman–Crippen MR) is 220 cm³/mol. The van der Waals surface area contributed by atoms with Gasteiger partial charge in [0.05, 0.1) is 21.9 Å². The van der Waals surface area contributed by atoms with E-state index in [1.165, 1.54) is 49.3 Å². The van der Waals surface area contributed by atoms with Gasteiger partial charge in [-0.15, -0.1) is 23.6 Å². The first-order chi connectivity index (χ1) is 23.4. The van der Waals surface area contributed by atoms with Crippen LogP contribution >= 0.6 is 0 Å². The number of nitrogens with zero attached hydrogens (tertiary/aromatic N) is 1. The fourth-order valence-corrected chi connectivity index (χ4v) is 10.4. The first kappa shape index (κ1) is 40.9. The molecule has 2 aromatic heterocycles. The molecule has 1 aliphatic carbocycles. The molecule has 1 N–H and O–H groups in total. The van der Waals surface area contributed by atoms with Crippen molar-refractivity contribution in [2.75, 3.05) is 0 Å². The Bertz CT molecular complexity index is 2110. The van der Waals surface area contributed by atoms with Crippen molar-refractivity contribution in [3.05, 3.63) is 77.2 Å². The van der Waals surface area contributed by atoms with Gasteiger partial charge in [-0.05, 0) is 54.0 Å². The minimum absolute atomic E-state index is 0. The molecule has 0 aliphatic heterocycles. The molecule has 0 bridgehead atoms. The van der Waals surface area contributed by atoms with Crippen molar-refractivity contribution in [2.24, 2.45) is 11.8 Å². The molecule has 0 amide bonds. The Balaban J connectivity index is 0.000000312. The fraction of sp³-hybridized carbons (Fsp3) is 0.455. The minimum atomic E-state index is -1.69. The molecule has 6 rings (SSSR count). The molecule has 0 unspecified atom stereocenters. The van der Waals surface area contributed by atoms with Gasteiger partial charge in [0.25, 0.3) is 0 Å². The van der Waals surface area contributed by atoms with Crippen molar-refractivity contribution >= 4 is 65.0 Å². The van der Waals surface area contributed by atoms with E-state index in [-0.39, 0.29) is 48.9 Å². The molecule has 7 heteroatoms. The van der Waals surface area contributed by atoms with E-state index >= 15 is 0 Å². The zero-order valence-corrected chi connectivity index (χ0v) is 37.5. The van der Waals surface area contributed by atoms with Crippen LogP contribution in [0.2, 0.25) is 39.3 Å². The number of fused-ring (bicyclic) bond motifs is 3. The number of aliphatic hydroxyl groups is 1. The summed E-state index contributed by atoms with van der Waals surface area (Å²) in [6.07, 6.45) is 7.01. The molecular formula is C44H58IrNO3Si2-. The summed E-state index contributed by atoms with van der Waals surface area (Å²) in [5.41, 5.74) is 7.98. The normalized spacial score (nSPS) is 14.1. The number of benzene rings is 3. The Kier molecular flexibility index (Phi) is 12.2. The van der Waals surface area contributed by atoms with Crippen LogP contribution < -0.4 is 10.4 Å². The number of aliphatic hydroxyl groups excluding tert-OH is 1. The second-order valence-corrected chi connectivity index (χ2v) is 27.0. The average molecular weight is 897 g/mol. The Labute approximate surface area is 321 Å². The molecule has 3 aromatic carbocycles. The zero-order valence-electron chi connectivity index (χ0n) is 33.1. The third-order valence-corrected chi connectivity index (χ3v) is 14.9. The molecule has 51 heavy (non-hydrogen) atoms. The van der Waals surface area contributed by atoms with Crippen LogP contribution in [-0.2, 0) is 30.3 Å². The molecule has 0 saturated heterocycles. The molecular weight excluding hydrogens is 839 g/mol. The van der Waals surface area contributed by atoms with E-state index in [4.69, 9.17) is 9.40 Å². The van der Waals surface area contributed by atoms with Gasteiger partial charge in [0.2, 0.25) is 0 Å². The number of carbonyl (C=O) groups excluding carboxylic acids is 1. The van der Waals surface area contributed by atoms with E-state index in [2.05, 4.69) is 109 Å². The summed E-state index contributed by atoms with van der Waals surface area (Å²) in [5, 5.41) is 17.3. The van der Waals surface area contributed by atoms with Crippen molar-refractivity contribution in [3.63, 3.8) is 0 Å². The molecule has 1 radical (unpaired) electrons. The van der Waals surface area contributed by atoms with Gasteiger partial charge in [-0.3, -0.25) is 9.78 Å². The summed E-state index contributed by atoms with van der Waals surface area (Å²) in [6.45, 7) is 29.3. The van der Waals surface area contributed by atoms with Crippen molar-refractivity contribution in [3.8, 4) is 11.3 Å².